The van der Waals surface area contributed by atoms with Crippen LogP contribution in [0.1, 0.15) is 5.56 Å². The van der Waals surface area contributed by atoms with E-state index in [1.54, 1.807) is 0 Å². The molecule has 3 heteroatoms. The Morgan fingerprint density at radius 2 is 1.63 bits per heavy atom. The van der Waals surface area contributed by atoms with Gasteiger partial charge in [-0.1, -0.05) is 54.6 Å². The summed E-state index contributed by atoms with van der Waals surface area (Å²) in [6.45, 7) is 2.07. The van der Waals surface area contributed by atoms with E-state index in [1.807, 2.05) is 48.5 Å². The summed E-state index contributed by atoms with van der Waals surface area (Å²) in [5, 5.41) is 0. The lowest BCUT2D eigenvalue weighted by molar-refractivity contribution is 0.554. The van der Waals surface area contributed by atoms with Gasteiger partial charge in [-0.15, -0.1) is 0 Å². The van der Waals surface area contributed by atoms with Crippen LogP contribution < -0.4 is 0 Å². The highest BCUT2D eigenvalue weighted by atomic mass is 32.1. The van der Waals surface area contributed by atoms with Crippen LogP contribution in [0.2, 0.25) is 0 Å². The van der Waals surface area contributed by atoms with Crippen LogP contribution in [-0.4, -0.2) is 4.98 Å². The van der Waals surface area contributed by atoms with Crippen LogP contribution in [-0.2, 0) is 0 Å². The van der Waals surface area contributed by atoms with E-state index in [4.69, 9.17) is 16.6 Å². The Balaban J connectivity index is 2.24. The summed E-state index contributed by atoms with van der Waals surface area (Å²) in [5.41, 5.74) is 4.23. The Labute approximate surface area is 116 Å². The highest BCUT2D eigenvalue weighted by Crippen LogP contribution is 2.33. The van der Waals surface area contributed by atoms with Gasteiger partial charge >= 0.3 is 0 Å². The Bertz CT molecular complexity index is 756. The van der Waals surface area contributed by atoms with Gasteiger partial charge < -0.3 is 9.40 Å². The smallest absolute Gasteiger partial charge is 0.266 e. The molecule has 1 heterocycles. The van der Waals surface area contributed by atoms with Crippen molar-refractivity contribution < 1.29 is 4.42 Å². The Hall–Kier alpha value is -2.13. The minimum Gasteiger partial charge on any atom is -0.429 e. The van der Waals surface area contributed by atoms with Crippen molar-refractivity contribution in [2.24, 2.45) is 0 Å². The molecule has 0 aliphatic heterocycles. The fourth-order valence-electron chi connectivity index (χ4n) is 2.15. The quantitative estimate of drug-likeness (QED) is 0.663. The lowest BCUT2D eigenvalue weighted by Crippen LogP contribution is -1.84. The molecule has 0 fully saturated rings. The summed E-state index contributed by atoms with van der Waals surface area (Å²) in [7, 11) is 0. The van der Waals surface area contributed by atoms with Gasteiger partial charge in [-0.3, -0.25) is 0 Å². The van der Waals surface area contributed by atoms with E-state index in [0.29, 0.717) is 4.84 Å². The molecule has 1 N–H and O–H groups in total. The van der Waals surface area contributed by atoms with Gasteiger partial charge in [0.2, 0.25) is 0 Å². The van der Waals surface area contributed by atoms with Gasteiger partial charge in [-0.2, -0.15) is 0 Å². The largest absolute Gasteiger partial charge is 0.429 e. The third-order valence-corrected chi connectivity index (χ3v) is 3.29. The van der Waals surface area contributed by atoms with Crippen LogP contribution in [0.5, 0.6) is 0 Å². The summed E-state index contributed by atoms with van der Waals surface area (Å²) < 4.78 is 5.70. The molecule has 0 spiro atoms. The highest BCUT2D eigenvalue weighted by molar-refractivity contribution is 7.71. The van der Waals surface area contributed by atoms with Crippen molar-refractivity contribution in [1.29, 1.82) is 0 Å². The van der Waals surface area contributed by atoms with Gasteiger partial charge in [0, 0.05) is 11.1 Å². The zero-order valence-corrected chi connectivity index (χ0v) is 11.3. The molecule has 0 aliphatic carbocycles. The summed E-state index contributed by atoms with van der Waals surface area (Å²) >= 11 is 5.14. The molecule has 0 aliphatic rings. The minimum atomic E-state index is 0.400. The molecule has 19 heavy (non-hydrogen) atoms. The first-order valence-electron chi connectivity index (χ1n) is 6.10. The summed E-state index contributed by atoms with van der Waals surface area (Å²) in [6, 6.07) is 18.2. The number of aromatic nitrogens is 1. The molecule has 0 saturated heterocycles. The van der Waals surface area contributed by atoms with Crippen molar-refractivity contribution in [2.45, 2.75) is 6.92 Å². The predicted molar refractivity (Wildman–Crippen MR) is 79.5 cm³/mol. The van der Waals surface area contributed by atoms with Crippen LogP contribution in [0, 0.1) is 11.8 Å². The number of hydrogen-bond acceptors (Lipinski definition) is 2. The lowest BCUT2D eigenvalue weighted by Gasteiger charge is -2.05. The van der Waals surface area contributed by atoms with E-state index < -0.39 is 0 Å². The second kappa shape index (κ2) is 4.86. The molecule has 0 saturated carbocycles. The van der Waals surface area contributed by atoms with Crippen molar-refractivity contribution in [1.82, 2.24) is 4.98 Å². The molecular formula is C16H13NOS. The maximum Gasteiger partial charge on any atom is 0.266 e. The van der Waals surface area contributed by atoms with Crippen molar-refractivity contribution in [2.75, 3.05) is 0 Å². The zero-order chi connectivity index (χ0) is 13.2. The lowest BCUT2D eigenvalue weighted by atomic mass is 10.0. The zero-order valence-electron chi connectivity index (χ0n) is 10.5. The molecule has 1 aromatic heterocycles. The van der Waals surface area contributed by atoms with Crippen molar-refractivity contribution in [3.63, 3.8) is 0 Å². The normalized spacial score (nSPS) is 10.6. The maximum atomic E-state index is 5.70. The van der Waals surface area contributed by atoms with Gasteiger partial charge in [0.1, 0.15) is 0 Å². The van der Waals surface area contributed by atoms with E-state index in [0.717, 1.165) is 28.1 Å². The van der Waals surface area contributed by atoms with E-state index in [9.17, 15) is 0 Å². The Morgan fingerprint density at radius 3 is 2.37 bits per heavy atom. The molecular weight excluding hydrogens is 254 g/mol. The second-order valence-corrected chi connectivity index (χ2v) is 4.77. The third kappa shape index (κ3) is 2.25. The van der Waals surface area contributed by atoms with Crippen LogP contribution >= 0.6 is 12.2 Å². The molecule has 2 aromatic carbocycles. The SMILES string of the molecule is Cc1ccccc1-c1oc(=S)[nH]c1-c1ccccc1. The number of hydrogen-bond donors (Lipinski definition) is 1. The monoisotopic (exact) mass is 267 g/mol. The molecule has 0 atom stereocenters. The van der Waals surface area contributed by atoms with Gasteiger partial charge in [0.05, 0.1) is 5.69 Å². The van der Waals surface area contributed by atoms with E-state index in [1.165, 1.54) is 0 Å². The molecule has 0 unspecified atom stereocenters. The van der Waals surface area contributed by atoms with Crippen LogP contribution in [0.15, 0.2) is 59.0 Å². The standard InChI is InChI=1S/C16H13NOS/c1-11-7-5-6-10-13(11)15-14(17-16(19)18-15)12-8-3-2-4-9-12/h2-10H,1H3,(H,17,19). The molecule has 2 nitrogen and oxygen atoms in total. The Morgan fingerprint density at radius 1 is 0.947 bits per heavy atom. The highest BCUT2D eigenvalue weighted by Gasteiger charge is 2.14. The minimum absolute atomic E-state index is 0.400. The molecule has 3 aromatic rings. The summed E-state index contributed by atoms with van der Waals surface area (Å²) in [4.78, 5) is 3.53. The van der Waals surface area contributed by atoms with Gasteiger partial charge in [0.15, 0.2) is 5.76 Å². The number of aromatic amines is 1. The average molecular weight is 267 g/mol. The molecule has 0 amide bonds. The first-order valence-corrected chi connectivity index (χ1v) is 6.51. The number of rotatable bonds is 2. The molecule has 0 radical (unpaired) electrons. The second-order valence-electron chi connectivity index (χ2n) is 4.40. The molecule has 94 valence electrons. The number of nitrogens with one attached hydrogen (secondary N) is 1. The van der Waals surface area contributed by atoms with Crippen molar-refractivity contribution in [3.05, 3.63) is 65.0 Å². The van der Waals surface area contributed by atoms with Crippen LogP contribution in [0.25, 0.3) is 22.6 Å². The average Bonchev–Trinajstić information content (AvgIpc) is 2.82. The predicted octanol–water partition coefficient (Wildman–Crippen LogP) is 4.98. The fourth-order valence-corrected chi connectivity index (χ4v) is 2.34. The van der Waals surface area contributed by atoms with Gasteiger partial charge in [-0.05, 0) is 24.7 Å². The van der Waals surface area contributed by atoms with E-state index in [2.05, 4.69) is 18.0 Å². The Kier molecular flexibility index (Phi) is 3.05. The van der Waals surface area contributed by atoms with Gasteiger partial charge in [0.25, 0.3) is 4.84 Å². The van der Waals surface area contributed by atoms with Crippen LogP contribution in [0.3, 0.4) is 0 Å². The number of oxazole rings is 1. The number of aryl methyl sites for hydroxylation is 1. The van der Waals surface area contributed by atoms with E-state index in [-0.39, 0.29) is 0 Å². The maximum absolute atomic E-state index is 5.70. The van der Waals surface area contributed by atoms with Crippen molar-refractivity contribution >= 4 is 12.2 Å². The molecule has 3 rings (SSSR count). The number of H-pyrrole nitrogens is 1. The van der Waals surface area contributed by atoms with Gasteiger partial charge in [-0.25, -0.2) is 0 Å². The third-order valence-electron chi connectivity index (χ3n) is 3.10. The first-order chi connectivity index (χ1) is 9.25. The number of benzene rings is 2. The topological polar surface area (TPSA) is 28.9 Å². The van der Waals surface area contributed by atoms with E-state index >= 15 is 0 Å². The first kappa shape index (κ1) is 11.9. The van der Waals surface area contributed by atoms with Crippen molar-refractivity contribution in [3.8, 4) is 22.6 Å². The summed E-state index contributed by atoms with van der Waals surface area (Å²) in [5.74, 6) is 0.800. The fraction of sp³-hybridized carbons (Fsp3) is 0.0625. The molecule has 0 bridgehead atoms. The van der Waals surface area contributed by atoms with Crippen LogP contribution in [0.4, 0.5) is 0 Å². The summed E-state index contributed by atoms with van der Waals surface area (Å²) in [6.07, 6.45) is 0.